The Hall–Kier alpha value is -1.30. The number of nitrogens with one attached hydrogen (secondary N) is 2. The molecule has 0 spiro atoms. The molecule has 2 fully saturated rings. The number of urea groups is 1. The summed E-state index contributed by atoms with van der Waals surface area (Å²) in [6, 6.07) is -0.317. The van der Waals surface area contributed by atoms with Gasteiger partial charge in [0.05, 0.1) is 6.61 Å². The van der Waals surface area contributed by atoms with E-state index in [1.807, 2.05) is 0 Å². The van der Waals surface area contributed by atoms with E-state index < -0.39 is 17.5 Å². The van der Waals surface area contributed by atoms with E-state index in [0.29, 0.717) is 13.0 Å². The van der Waals surface area contributed by atoms with Crippen molar-refractivity contribution in [3.8, 4) is 0 Å². The lowest BCUT2D eigenvalue weighted by molar-refractivity contribution is -0.144. The van der Waals surface area contributed by atoms with Crippen molar-refractivity contribution in [3.05, 3.63) is 0 Å². The van der Waals surface area contributed by atoms with Gasteiger partial charge in [-0.3, -0.25) is 0 Å². The van der Waals surface area contributed by atoms with Crippen LogP contribution in [0.15, 0.2) is 0 Å². The van der Waals surface area contributed by atoms with Crippen LogP contribution in [-0.2, 0) is 9.53 Å². The molecule has 6 nitrogen and oxygen atoms in total. The zero-order valence-corrected chi connectivity index (χ0v) is 12.2. The molecule has 3 N–H and O–H groups in total. The highest BCUT2D eigenvalue weighted by Crippen LogP contribution is 2.35. The molecule has 2 rings (SSSR count). The van der Waals surface area contributed by atoms with E-state index in [-0.39, 0.29) is 18.1 Å². The second-order valence-electron chi connectivity index (χ2n) is 6.58. The van der Waals surface area contributed by atoms with Gasteiger partial charge in [-0.25, -0.2) is 9.59 Å². The van der Waals surface area contributed by atoms with Crippen molar-refractivity contribution in [2.24, 2.45) is 5.41 Å². The molecule has 6 heteroatoms. The van der Waals surface area contributed by atoms with E-state index in [9.17, 15) is 14.7 Å². The van der Waals surface area contributed by atoms with Crippen LogP contribution in [0.5, 0.6) is 0 Å². The van der Waals surface area contributed by atoms with Gasteiger partial charge in [0.25, 0.3) is 0 Å². The number of carboxylic acid groups (broad SMARTS) is 1. The van der Waals surface area contributed by atoms with Gasteiger partial charge < -0.3 is 20.5 Å². The Kier molecular flexibility index (Phi) is 4.22. The maximum absolute atomic E-state index is 12.1. The molecule has 1 aliphatic heterocycles. The Balaban J connectivity index is 1.96. The van der Waals surface area contributed by atoms with E-state index in [4.69, 9.17) is 4.74 Å². The molecule has 0 aromatic rings. The largest absolute Gasteiger partial charge is 0.479 e. The maximum atomic E-state index is 12.1. The van der Waals surface area contributed by atoms with Gasteiger partial charge in [-0.05, 0) is 18.3 Å². The summed E-state index contributed by atoms with van der Waals surface area (Å²) in [6.45, 7) is 4.68. The maximum Gasteiger partial charge on any atom is 0.332 e. The number of rotatable bonds is 3. The molecule has 0 aromatic heterocycles. The van der Waals surface area contributed by atoms with Gasteiger partial charge in [-0.1, -0.05) is 26.7 Å². The Morgan fingerprint density at radius 2 is 2.00 bits per heavy atom. The Labute approximate surface area is 119 Å². The van der Waals surface area contributed by atoms with E-state index in [1.54, 1.807) is 0 Å². The van der Waals surface area contributed by atoms with Crippen LogP contribution in [-0.4, -0.2) is 41.9 Å². The number of ether oxygens (including phenoxy) is 1. The highest BCUT2D eigenvalue weighted by Gasteiger charge is 2.44. The van der Waals surface area contributed by atoms with Crippen LogP contribution in [0.3, 0.4) is 0 Å². The SMILES string of the molecule is CC1(C)CCCCC1NC(=O)NC1(C(=O)O)CCOC1. The van der Waals surface area contributed by atoms with Crippen LogP contribution in [0.2, 0.25) is 0 Å². The Bertz CT molecular complexity index is 389. The number of carbonyl (C=O) groups is 2. The predicted molar refractivity (Wildman–Crippen MR) is 73.5 cm³/mol. The first-order valence-corrected chi connectivity index (χ1v) is 7.26. The summed E-state index contributed by atoms with van der Waals surface area (Å²) in [5.74, 6) is -1.03. The third-order valence-corrected chi connectivity index (χ3v) is 4.60. The zero-order chi connectivity index (χ0) is 14.8. The zero-order valence-electron chi connectivity index (χ0n) is 12.2. The lowest BCUT2D eigenvalue weighted by Crippen LogP contribution is -2.60. The molecular formula is C14H24N2O4. The van der Waals surface area contributed by atoms with Gasteiger partial charge in [0.2, 0.25) is 0 Å². The van der Waals surface area contributed by atoms with Crippen molar-refractivity contribution in [2.45, 2.75) is 57.5 Å². The molecular weight excluding hydrogens is 260 g/mol. The predicted octanol–water partition coefficient (Wildman–Crippen LogP) is 1.50. The van der Waals surface area contributed by atoms with Crippen LogP contribution in [0.4, 0.5) is 4.79 Å². The smallest absolute Gasteiger partial charge is 0.332 e. The molecule has 2 amide bonds. The molecule has 1 saturated heterocycles. The number of carboxylic acids is 1. The first kappa shape index (κ1) is 15.1. The molecule has 114 valence electrons. The summed E-state index contributed by atoms with van der Waals surface area (Å²) in [6.07, 6.45) is 4.60. The fraction of sp³-hybridized carbons (Fsp3) is 0.857. The van der Waals surface area contributed by atoms with Crippen molar-refractivity contribution in [2.75, 3.05) is 13.2 Å². The summed E-state index contributed by atoms with van der Waals surface area (Å²) >= 11 is 0. The van der Waals surface area contributed by atoms with Crippen molar-refractivity contribution in [1.82, 2.24) is 10.6 Å². The first-order chi connectivity index (χ1) is 9.36. The third-order valence-electron chi connectivity index (χ3n) is 4.60. The lowest BCUT2D eigenvalue weighted by atomic mass is 9.73. The average molecular weight is 284 g/mol. The van der Waals surface area contributed by atoms with E-state index in [1.165, 1.54) is 6.42 Å². The topological polar surface area (TPSA) is 87.7 Å². The van der Waals surface area contributed by atoms with Crippen LogP contribution in [0.25, 0.3) is 0 Å². The fourth-order valence-corrected chi connectivity index (χ4v) is 3.06. The van der Waals surface area contributed by atoms with Gasteiger partial charge in [-0.15, -0.1) is 0 Å². The van der Waals surface area contributed by atoms with Crippen LogP contribution in [0.1, 0.15) is 46.0 Å². The summed E-state index contributed by atoms with van der Waals surface area (Å²) in [5.41, 5.74) is -1.22. The molecule has 2 unspecified atom stereocenters. The van der Waals surface area contributed by atoms with Crippen molar-refractivity contribution < 1.29 is 19.4 Å². The molecule has 1 saturated carbocycles. The van der Waals surface area contributed by atoms with E-state index >= 15 is 0 Å². The monoisotopic (exact) mass is 284 g/mol. The summed E-state index contributed by atoms with van der Waals surface area (Å²) in [5, 5.41) is 14.8. The van der Waals surface area contributed by atoms with Crippen LogP contribution in [0, 0.1) is 5.41 Å². The van der Waals surface area contributed by atoms with Crippen LogP contribution < -0.4 is 10.6 Å². The summed E-state index contributed by atoms with van der Waals surface area (Å²) < 4.78 is 5.13. The minimum atomic E-state index is -1.27. The van der Waals surface area contributed by atoms with Gasteiger partial charge >= 0.3 is 12.0 Å². The molecule has 0 aromatic carbocycles. The number of hydrogen-bond acceptors (Lipinski definition) is 3. The number of aliphatic carboxylic acids is 1. The van der Waals surface area contributed by atoms with Crippen molar-refractivity contribution in [3.63, 3.8) is 0 Å². The quantitative estimate of drug-likeness (QED) is 0.733. The van der Waals surface area contributed by atoms with Crippen molar-refractivity contribution in [1.29, 1.82) is 0 Å². The summed E-state index contributed by atoms with van der Waals surface area (Å²) in [4.78, 5) is 23.5. The molecule has 0 bridgehead atoms. The third kappa shape index (κ3) is 3.06. The number of amides is 2. The second kappa shape index (κ2) is 5.60. The van der Waals surface area contributed by atoms with Crippen LogP contribution >= 0.6 is 0 Å². The summed E-state index contributed by atoms with van der Waals surface area (Å²) in [7, 11) is 0. The minimum absolute atomic E-state index is 0.0316. The number of carbonyl (C=O) groups excluding carboxylic acids is 1. The normalized spacial score (nSPS) is 32.6. The molecule has 20 heavy (non-hydrogen) atoms. The molecule has 1 aliphatic carbocycles. The molecule has 1 heterocycles. The molecule has 0 radical (unpaired) electrons. The highest BCUT2D eigenvalue weighted by molar-refractivity contribution is 5.86. The highest BCUT2D eigenvalue weighted by atomic mass is 16.5. The number of hydrogen-bond donors (Lipinski definition) is 3. The van der Waals surface area contributed by atoms with Gasteiger partial charge in [-0.2, -0.15) is 0 Å². The van der Waals surface area contributed by atoms with E-state index in [2.05, 4.69) is 24.5 Å². The average Bonchev–Trinajstić information content (AvgIpc) is 2.81. The first-order valence-electron chi connectivity index (χ1n) is 7.26. The van der Waals surface area contributed by atoms with Crippen molar-refractivity contribution >= 4 is 12.0 Å². The van der Waals surface area contributed by atoms with Gasteiger partial charge in [0, 0.05) is 19.1 Å². The molecule has 2 atom stereocenters. The minimum Gasteiger partial charge on any atom is -0.479 e. The lowest BCUT2D eigenvalue weighted by Gasteiger charge is -2.39. The Morgan fingerprint density at radius 1 is 1.25 bits per heavy atom. The second-order valence-corrected chi connectivity index (χ2v) is 6.58. The standard InChI is InChI=1S/C14H24N2O4/c1-13(2)6-4-3-5-10(13)15-12(19)16-14(11(17)18)7-8-20-9-14/h10H,3-9H2,1-2H3,(H,17,18)(H2,15,16,19). The van der Waals surface area contributed by atoms with E-state index in [0.717, 1.165) is 19.3 Å². The van der Waals surface area contributed by atoms with Gasteiger partial charge in [0.1, 0.15) is 0 Å². The van der Waals surface area contributed by atoms with Gasteiger partial charge in [0.15, 0.2) is 5.54 Å². The fourth-order valence-electron chi connectivity index (χ4n) is 3.06. The molecule has 2 aliphatic rings. The Morgan fingerprint density at radius 3 is 2.55 bits per heavy atom.